The molecule has 13 heteroatoms. The highest BCUT2D eigenvalue weighted by molar-refractivity contribution is 5.77. The molecule has 218 valence electrons. The van der Waals surface area contributed by atoms with E-state index in [4.69, 9.17) is 9.47 Å². The minimum Gasteiger partial charge on any atom is -0.489 e. The van der Waals surface area contributed by atoms with E-state index in [0.717, 1.165) is 31.2 Å². The average molecular weight is 554 g/mol. The number of para-hydroxylation sites is 1. The normalized spacial score (nSPS) is 14.3. The van der Waals surface area contributed by atoms with Crippen LogP contribution < -0.4 is 4.74 Å². The van der Waals surface area contributed by atoms with Crippen molar-refractivity contribution in [1.29, 1.82) is 0 Å². The van der Waals surface area contributed by atoms with E-state index in [1.807, 2.05) is 45.0 Å². The second kappa shape index (κ2) is 15.7. The van der Waals surface area contributed by atoms with E-state index in [1.54, 1.807) is 4.90 Å². The number of benzene rings is 1. The minimum absolute atomic E-state index is 0.00876. The number of carbonyl (C=O) groups is 2. The van der Waals surface area contributed by atoms with Gasteiger partial charge in [-0.15, -0.1) is 20.2 Å². The molecule has 0 N–H and O–H groups in total. The zero-order valence-electron chi connectivity index (χ0n) is 22.9. The summed E-state index contributed by atoms with van der Waals surface area (Å²) in [5.41, 5.74) is 0.457. The van der Waals surface area contributed by atoms with Crippen LogP contribution in [0.15, 0.2) is 24.3 Å². The quantitative estimate of drug-likeness (QED) is 0.118. The zero-order valence-corrected chi connectivity index (χ0v) is 22.9. The van der Waals surface area contributed by atoms with Gasteiger partial charge in [0.1, 0.15) is 12.4 Å². The van der Waals surface area contributed by atoms with Gasteiger partial charge in [-0.05, 0) is 64.0 Å². The standard InChI is InChI=1S/C26H39N3O10/c1-26(2,3)27(24(30)14-8-16-37-28(32)33)18-21(39-25(31)15-9-17-38-29(34)35)19-36-23-13-7-6-12-22(23)20-10-4-5-11-20/h6-7,12-13,20-21H,4-5,8-11,14-19H2,1-3H3/t21-/m0/s1. The summed E-state index contributed by atoms with van der Waals surface area (Å²) in [4.78, 5) is 56.5. The molecule has 0 unspecified atom stereocenters. The topological polar surface area (TPSA) is 161 Å². The molecule has 0 saturated heterocycles. The molecule has 0 aliphatic heterocycles. The smallest absolute Gasteiger partial charge is 0.306 e. The number of hydrogen-bond donors (Lipinski definition) is 0. The Kier molecular flexibility index (Phi) is 12.7. The molecule has 0 bridgehead atoms. The Morgan fingerprint density at radius 2 is 1.59 bits per heavy atom. The second-order valence-electron chi connectivity index (χ2n) is 10.4. The Hall–Kier alpha value is -3.64. The number of esters is 1. The van der Waals surface area contributed by atoms with Gasteiger partial charge in [0, 0.05) is 18.4 Å². The van der Waals surface area contributed by atoms with Gasteiger partial charge in [0.25, 0.3) is 10.2 Å². The van der Waals surface area contributed by atoms with Crippen molar-refractivity contribution in [3.05, 3.63) is 50.1 Å². The maximum atomic E-state index is 13.1. The van der Waals surface area contributed by atoms with Crippen molar-refractivity contribution in [2.75, 3.05) is 26.4 Å². The average Bonchev–Trinajstić information content (AvgIpc) is 3.40. The highest BCUT2D eigenvalue weighted by atomic mass is 17.0. The van der Waals surface area contributed by atoms with Crippen LogP contribution in [0.1, 0.15) is 83.6 Å². The van der Waals surface area contributed by atoms with E-state index in [0.29, 0.717) is 11.7 Å². The predicted octanol–water partition coefficient (Wildman–Crippen LogP) is 4.24. The fourth-order valence-electron chi connectivity index (χ4n) is 4.54. The van der Waals surface area contributed by atoms with Crippen LogP contribution in [-0.2, 0) is 24.0 Å². The Morgan fingerprint density at radius 3 is 2.18 bits per heavy atom. The Balaban J connectivity index is 2.12. The Morgan fingerprint density at radius 1 is 1.00 bits per heavy atom. The molecule has 0 spiro atoms. The van der Waals surface area contributed by atoms with E-state index < -0.39 is 27.8 Å². The maximum Gasteiger partial charge on any atom is 0.306 e. The Bertz CT molecular complexity index is 960. The maximum absolute atomic E-state index is 13.1. The lowest BCUT2D eigenvalue weighted by Crippen LogP contribution is -2.51. The van der Waals surface area contributed by atoms with Crippen LogP contribution in [0.3, 0.4) is 0 Å². The van der Waals surface area contributed by atoms with E-state index in [-0.39, 0.29) is 58.0 Å². The zero-order chi connectivity index (χ0) is 28.8. The first-order valence-electron chi connectivity index (χ1n) is 13.2. The van der Waals surface area contributed by atoms with E-state index in [9.17, 15) is 29.8 Å². The fourth-order valence-corrected chi connectivity index (χ4v) is 4.54. The molecule has 1 aromatic rings. The number of amides is 1. The predicted molar refractivity (Wildman–Crippen MR) is 139 cm³/mol. The van der Waals surface area contributed by atoms with Gasteiger partial charge in [0.05, 0.1) is 19.8 Å². The fraction of sp³-hybridized carbons (Fsp3) is 0.692. The van der Waals surface area contributed by atoms with Gasteiger partial charge in [-0.3, -0.25) is 9.59 Å². The van der Waals surface area contributed by atoms with Crippen molar-refractivity contribution < 1.29 is 38.9 Å². The first kappa shape index (κ1) is 31.6. The van der Waals surface area contributed by atoms with Gasteiger partial charge in [-0.25, -0.2) is 0 Å². The molecule has 1 aromatic carbocycles. The lowest BCUT2D eigenvalue weighted by Gasteiger charge is -2.38. The third kappa shape index (κ3) is 11.7. The van der Waals surface area contributed by atoms with Crippen LogP contribution in [0.25, 0.3) is 0 Å². The molecule has 1 aliphatic carbocycles. The van der Waals surface area contributed by atoms with Crippen molar-refractivity contribution in [1.82, 2.24) is 4.90 Å². The molecule has 1 atom stereocenters. The summed E-state index contributed by atoms with van der Waals surface area (Å²) in [6.45, 7) is 5.08. The molecule has 1 saturated carbocycles. The molecule has 2 rings (SSSR count). The molecule has 13 nitrogen and oxygen atoms in total. The van der Waals surface area contributed by atoms with E-state index >= 15 is 0 Å². The molecular weight excluding hydrogens is 514 g/mol. The number of rotatable bonds is 17. The van der Waals surface area contributed by atoms with Gasteiger partial charge >= 0.3 is 5.97 Å². The van der Waals surface area contributed by atoms with Crippen LogP contribution >= 0.6 is 0 Å². The van der Waals surface area contributed by atoms with Gasteiger partial charge in [0.2, 0.25) is 5.91 Å². The summed E-state index contributed by atoms with van der Waals surface area (Å²) in [7, 11) is 0. The van der Waals surface area contributed by atoms with Crippen LogP contribution in [0.5, 0.6) is 5.75 Å². The lowest BCUT2D eigenvalue weighted by molar-refractivity contribution is -0.757. The molecule has 0 radical (unpaired) electrons. The number of hydrogen-bond acceptors (Lipinski definition) is 10. The van der Waals surface area contributed by atoms with Crippen molar-refractivity contribution in [3.63, 3.8) is 0 Å². The first-order chi connectivity index (χ1) is 18.5. The summed E-state index contributed by atoms with van der Waals surface area (Å²) >= 11 is 0. The Labute approximate surface area is 227 Å². The van der Waals surface area contributed by atoms with Gasteiger partial charge in [-0.1, -0.05) is 31.0 Å². The molecule has 39 heavy (non-hydrogen) atoms. The SMILES string of the molecule is CC(C)(C)N(C[C@@H](COc1ccccc1C1CCCC1)OC(=O)CCCO[N+](=O)[O-])C(=O)CCCO[N+](=O)[O-]. The van der Waals surface area contributed by atoms with Crippen LogP contribution in [-0.4, -0.2) is 65.0 Å². The van der Waals surface area contributed by atoms with Crippen molar-refractivity contribution >= 4 is 11.9 Å². The minimum atomic E-state index is -0.923. The summed E-state index contributed by atoms with van der Waals surface area (Å²) in [6.07, 6.45) is 3.80. The first-order valence-corrected chi connectivity index (χ1v) is 13.2. The van der Waals surface area contributed by atoms with Gasteiger partial charge in [0.15, 0.2) is 6.10 Å². The summed E-state index contributed by atoms with van der Waals surface area (Å²) < 4.78 is 11.8. The third-order valence-electron chi connectivity index (χ3n) is 6.39. The largest absolute Gasteiger partial charge is 0.489 e. The van der Waals surface area contributed by atoms with Crippen LogP contribution in [0.4, 0.5) is 0 Å². The number of nitrogens with zero attached hydrogens (tertiary/aromatic N) is 3. The molecule has 1 amide bonds. The van der Waals surface area contributed by atoms with Crippen LogP contribution in [0.2, 0.25) is 0 Å². The molecule has 0 aromatic heterocycles. The summed E-state index contributed by atoms with van der Waals surface area (Å²) in [6, 6.07) is 7.76. The van der Waals surface area contributed by atoms with Crippen molar-refractivity contribution in [3.8, 4) is 5.75 Å². The van der Waals surface area contributed by atoms with Crippen molar-refractivity contribution in [2.24, 2.45) is 0 Å². The highest BCUT2D eigenvalue weighted by Gasteiger charge is 2.31. The summed E-state index contributed by atoms with van der Waals surface area (Å²) in [5, 5.41) is 18.9. The number of ether oxygens (including phenoxy) is 2. The molecule has 1 aliphatic rings. The highest BCUT2D eigenvalue weighted by Crippen LogP contribution is 2.38. The van der Waals surface area contributed by atoms with E-state index in [1.165, 1.54) is 0 Å². The second-order valence-corrected chi connectivity index (χ2v) is 10.4. The number of carbonyl (C=O) groups excluding carboxylic acids is 2. The summed E-state index contributed by atoms with van der Waals surface area (Å²) in [5.74, 6) is 0.231. The van der Waals surface area contributed by atoms with Crippen molar-refractivity contribution in [2.45, 2.75) is 89.7 Å². The molecule has 0 heterocycles. The van der Waals surface area contributed by atoms with Gasteiger partial charge < -0.3 is 24.0 Å². The lowest BCUT2D eigenvalue weighted by atomic mass is 9.97. The van der Waals surface area contributed by atoms with Gasteiger partial charge in [-0.2, -0.15) is 0 Å². The van der Waals surface area contributed by atoms with Crippen LogP contribution in [0, 0.1) is 20.2 Å². The monoisotopic (exact) mass is 553 g/mol. The molecular formula is C26H39N3O10. The van der Waals surface area contributed by atoms with E-state index in [2.05, 4.69) is 9.68 Å². The third-order valence-corrected chi connectivity index (χ3v) is 6.39. The molecule has 1 fully saturated rings.